The van der Waals surface area contributed by atoms with E-state index in [2.05, 4.69) is 68.4 Å². The molecule has 0 heterocycles. The van der Waals surface area contributed by atoms with E-state index >= 15 is 0 Å². The van der Waals surface area contributed by atoms with Gasteiger partial charge in [0.25, 0.3) is 0 Å². The second kappa shape index (κ2) is 13.6. The summed E-state index contributed by atoms with van der Waals surface area (Å²) in [7, 11) is 0. The fourth-order valence-electron chi connectivity index (χ4n) is 3.93. The Hall–Kier alpha value is -2.75. The van der Waals surface area contributed by atoms with Crippen molar-refractivity contribution in [2.75, 3.05) is 13.2 Å². The first-order valence-electron chi connectivity index (χ1n) is 11.4. The minimum absolute atomic E-state index is 0.0370. The van der Waals surface area contributed by atoms with Crippen LogP contribution in [0.15, 0.2) is 78.9 Å². The van der Waals surface area contributed by atoms with Gasteiger partial charge in [0, 0.05) is 30.6 Å². The van der Waals surface area contributed by atoms with Crippen molar-refractivity contribution in [3.8, 4) is 0 Å². The topological polar surface area (TPSA) is 35.5 Å². The lowest BCUT2D eigenvalue weighted by atomic mass is 9.80. The highest BCUT2D eigenvalue weighted by Gasteiger charge is 2.20. The normalized spacial score (nSPS) is 12.6. The van der Waals surface area contributed by atoms with Gasteiger partial charge in [-0.15, -0.1) is 0 Å². The Bertz CT molecular complexity index is 916. The molecule has 32 heavy (non-hydrogen) atoms. The van der Waals surface area contributed by atoms with Crippen molar-refractivity contribution in [3.63, 3.8) is 0 Å². The van der Waals surface area contributed by atoms with Crippen LogP contribution in [0.5, 0.6) is 0 Å². The largest absolute Gasteiger partial charge is 0.353 e. The smallest absolute Gasteiger partial charge is 0.154 e. The monoisotopic (exact) mass is 432 g/mol. The number of hydrogen-bond donors (Lipinski definition) is 0. The Balaban J connectivity index is 0.000000390. The number of carbonyl (C=O) groups is 1. The van der Waals surface area contributed by atoms with E-state index in [1.807, 2.05) is 45.0 Å². The van der Waals surface area contributed by atoms with Crippen LogP contribution in [0.25, 0.3) is 0 Å². The molecule has 3 rings (SSSR count). The van der Waals surface area contributed by atoms with Crippen LogP contribution in [-0.2, 0) is 9.47 Å². The average Bonchev–Trinajstić information content (AvgIpc) is 2.84. The summed E-state index contributed by atoms with van der Waals surface area (Å²) in [6.45, 7) is 11.6. The van der Waals surface area contributed by atoms with Gasteiger partial charge in [0.2, 0.25) is 0 Å². The summed E-state index contributed by atoms with van der Waals surface area (Å²) in [5.74, 6) is 0.418. The van der Waals surface area contributed by atoms with E-state index in [-0.39, 0.29) is 18.1 Å². The molecule has 0 saturated carbocycles. The molecule has 0 aromatic heterocycles. The summed E-state index contributed by atoms with van der Waals surface area (Å²) >= 11 is 0. The summed E-state index contributed by atoms with van der Waals surface area (Å²) in [5, 5.41) is 0. The van der Waals surface area contributed by atoms with Crippen LogP contribution in [0.3, 0.4) is 0 Å². The quantitative estimate of drug-likeness (QED) is 0.265. The molecule has 3 nitrogen and oxygen atoms in total. The SMILES string of the molecule is CC(c1ccccc1)c1cccc(C=O)c1C(C)c1ccccc1.CCOC(C)OCC. The van der Waals surface area contributed by atoms with Gasteiger partial charge in [-0.1, -0.05) is 92.7 Å². The molecule has 3 heteroatoms. The summed E-state index contributed by atoms with van der Waals surface area (Å²) < 4.78 is 10.1. The van der Waals surface area contributed by atoms with E-state index in [1.54, 1.807) is 0 Å². The number of benzene rings is 3. The number of ether oxygens (including phenoxy) is 2. The molecule has 0 fully saturated rings. The van der Waals surface area contributed by atoms with Crippen LogP contribution in [0, 0.1) is 0 Å². The van der Waals surface area contributed by atoms with Gasteiger partial charge in [-0.25, -0.2) is 0 Å². The zero-order valence-electron chi connectivity index (χ0n) is 20.0. The van der Waals surface area contributed by atoms with Gasteiger partial charge in [0.05, 0.1) is 0 Å². The van der Waals surface area contributed by atoms with Gasteiger partial charge in [0.1, 0.15) is 6.29 Å². The molecule has 3 aromatic rings. The number of aldehydes is 1. The minimum atomic E-state index is -0.0370. The first-order chi connectivity index (χ1) is 15.5. The van der Waals surface area contributed by atoms with E-state index in [0.29, 0.717) is 0 Å². The van der Waals surface area contributed by atoms with Gasteiger partial charge in [0.15, 0.2) is 6.29 Å². The highest BCUT2D eigenvalue weighted by atomic mass is 16.7. The van der Waals surface area contributed by atoms with Gasteiger partial charge >= 0.3 is 0 Å². The Morgan fingerprint density at radius 1 is 0.688 bits per heavy atom. The van der Waals surface area contributed by atoms with Crippen molar-refractivity contribution in [1.82, 2.24) is 0 Å². The fourth-order valence-corrected chi connectivity index (χ4v) is 3.93. The predicted octanol–water partition coefficient (Wildman–Crippen LogP) is 7.21. The van der Waals surface area contributed by atoms with Crippen molar-refractivity contribution < 1.29 is 14.3 Å². The molecule has 0 amide bonds. The molecule has 0 radical (unpaired) electrons. The number of hydrogen-bond acceptors (Lipinski definition) is 3. The zero-order valence-corrected chi connectivity index (χ0v) is 20.0. The molecular formula is C29H36O3. The molecular weight excluding hydrogens is 396 g/mol. The molecule has 0 aliphatic carbocycles. The third kappa shape index (κ3) is 7.15. The maximum Gasteiger partial charge on any atom is 0.154 e. The maximum absolute atomic E-state index is 11.7. The van der Waals surface area contributed by atoms with Crippen LogP contribution in [0.1, 0.15) is 79.1 Å². The van der Waals surface area contributed by atoms with Gasteiger partial charge in [-0.05, 0) is 43.0 Å². The van der Waals surface area contributed by atoms with Crippen LogP contribution >= 0.6 is 0 Å². The molecule has 3 aromatic carbocycles. The van der Waals surface area contributed by atoms with Gasteiger partial charge in [-0.2, -0.15) is 0 Å². The summed E-state index contributed by atoms with van der Waals surface area (Å²) in [6.07, 6.45) is 0.945. The second-order valence-corrected chi connectivity index (χ2v) is 7.71. The Morgan fingerprint density at radius 3 is 1.66 bits per heavy atom. The molecule has 0 bridgehead atoms. The highest BCUT2D eigenvalue weighted by Crippen LogP contribution is 2.35. The van der Waals surface area contributed by atoms with Crippen LogP contribution in [0.4, 0.5) is 0 Å². The fraction of sp³-hybridized carbons (Fsp3) is 0.345. The lowest BCUT2D eigenvalue weighted by Gasteiger charge is -2.23. The standard InChI is InChI=1S/C23H22O.C6H14O2/c1-17(19-10-5-3-6-11-19)22-15-9-14-21(16-24)23(22)18(2)20-12-7-4-8-13-20;1-4-7-6(3)8-5-2/h3-18H,1-2H3;6H,4-5H2,1-3H3. The third-order valence-corrected chi connectivity index (χ3v) is 5.60. The number of rotatable bonds is 9. The molecule has 0 aliphatic heterocycles. The molecule has 0 spiro atoms. The maximum atomic E-state index is 11.7. The van der Waals surface area contributed by atoms with E-state index in [1.165, 1.54) is 16.7 Å². The molecule has 0 aliphatic rings. The lowest BCUT2D eigenvalue weighted by Crippen LogP contribution is -2.11. The van der Waals surface area contributed by atoms with Crippen molar-refractivity contribution in [1.29, 1.82) is 0 Å². The van der Waals surface area contributed by atoms with E-state index in [4.69, 9.17) is 9.47 Å². The Morgan fingerprint density at radius 2 is 1.19 bits per heavy atom. The van der Waals surface area contributed by atoms with Crippen LogP contribution in [-0.4, -0.2) is 25.8 Å². The lowest BCUT2D eigenvalue weighted by molar-refractivity contribution is -0.123. The average molecular weight is 433 g/mol. The van der Waals surface area contributed by atoms with Gasteiger partial charge in [-0.3, -0.25) is 4.79 Å². The first kappa shape index (κ1) is 25.5. The first-order valence-corrected chi connectivity index (χ1v) is 11.4. The summed E-state index contributed by atoms with van der Waals surface area (Å²) in [4.78, 5) is 11.7. The van der Waals surface area contributed by atoms with Crippen molar-refractivity contribution in [2.45, 2.75) is 52.7 Å². The minimum Gasteiger partial charge on any atom is -0.353 e. The van der Waals surface area contributed by atoms with Crippen molar-refractivity contribution >= 4 is 6.29 Å². The molecule has 2 atom stereocenters. The van der Waals surface area contributed by atoms with Crippen molar-refractivity contribution in [2.24, 2.45) is 0 Å². The summed E-state index contributed by atoms with van der Waals surface area (Å²) in [5.41, 5.74) is 5.64. The molecule has 170 valence electrons. The van der Waals surface area contributed by atoms with E-state index < -0.39 is 0 Å². The zero-order chi connectivity index (χ0) is 23.3. The highest BCUT2D eigenvalue weighted by molar-refractivity contribution is 5.79. The van der Waals surface area contributed by atoms with Crippen LogP contribution in [0.2, 0.25) is 0 Å². The molecule has 2 unspecified atom stereocenters. The third-order valence-electron chi connectivity index (χ3n) is 5.60. The van der Waals surface area contributed by atoms with E-state index in [0.717, 1.165) is 30.6 Å². The van der Waals surface area contributed by atoms with Crippen LogP contribution < -0.4 is 0 Å². The van der Waals surface area contributed by atoms with Crippen molar-refractivity contribution in [3.05, 3.63) is 107 Å². The van der Waals surface area contributed by atoms with E-state index in [9.17, 15) is 4.79 Å². The Kier molecular flexibility index (Phi) is 10.9. The number of carbonyl (C=O) groups excluding carboxylic acids is 1. The van der Waals surface area contributed by atoms with Gasteiger partial charge < -0.3 is 9.47 Å². The molecule has 0 saturated heterocycles. The Labute approximate surface area is 193 Å². The summed E-state index contributed by atoms with van der Waals surface area (Å²) in [6, 6.07) is 26.9. The second-order valence-electron chi connectivity index (χ2n) is 7.71. The molecule has 0 N–H and O–H groups in total. The predicted molar refractivity (Wildman–Crippen MR) is 132 cm³/mol.